The Kier molecular flexibility index (Phi) is 17.6. The van der Waals surface area contributed by atoms with Crippen LogP contribution in [0.25, 0.3) is 304 Å². The summed E-state index contributed by atoms with van der Waals surface area (Å²) in [6.07, 6.45) is 1.91. The summed E-state index contributed by atoms with van der Waals surface area (Å²) in [7, 11) is 0. The maximum Gasteiger partial charge on any atom is 0.240 e. The molecule has 0 aliphatic heterocycles. The number of hydrogen-bond donors (Lipinski definition) is 0. The molecule has 0 N–H and O–H groups in total. The Morgan fingerprint density at radius 2 is 0.517 bits per heavy atom. The third-order valence-electron chi connectivity index (χ3n) is 29.7. The van der Waals surface area contributed by atoms with Gasteiger partial charge in [-0.3, -0.25) is 13.7 Å². The highest BCUT2D eigenvalue weighted by molar-refractivity contribution is 6.31. The van der Waals surface area contributed by atoms with E-state index in [1.165, 1.54) is 175 Å². The minimum absolute atomic E-state index is 0.579. The molecule has 11 nitrogen and oxygen atoms in total. The third-order valence-corrected chi connectivity index (χ3v) is 29.7. The Balaban J connectivity index is 0.000000100. The van der Waals surface area contributed by atoms with Gasteiger partial charge in [-0.25, -0.2) is 15.0 Å². The van der Waals surface area contributed by atoms with Gasteiger partial charge in [0.15, 0.2) is 23.3 Å². The Morgan fingerprint density at radius 1 is 0.147 bits per heavy atom. The van der Waals surface area contributed by atoms with Crippen LogP contribution >= 0.6 is 0 Å². The zero-order valence-corrected chi connectivity index (χ0v) is 76.9. The van der Waals surface area contributed by atoms with Gasteiger partial charge in [0.25, 0.3) is 0 Å². The molecule has 0 saturated carbocycles. The molecule has 11 heteroatoms. The summed E-state index contributed by atoms with van der Waals surface area (Å²) in [5.41, 5.74) is 29.9. The van der Waals surface area contributed by atoms with Crippen LogP contribution in [0.5, 0.6) is 0 Å². The van der Waals surface area contributed by atoms with Gasteiger partial charge in [-0.2, -0.15) is 24.9 Å². The minimum atomic E-state index is 0.579. The number of aromatic nitrogens is 11. The third kappa shape index (κ3) is 12.4. The summed E-state index contributed by atoms with van der Waals surface area (Å²) in [5.74, 6) is 4.42. The molecular formula is C132H77N11. The predicted octanol–water partition coefficient (Wildman–Crippen LogP) is 33.7. The van der Waals surface area contributed by atoms with Gasteiger partial charge in [0.2, 0.25) is 17.8 Å². The predicted molar refractivity (Wildman–Crippen MR) is 591 cm³/mol. The van der Waals surface area contributed by atoms with Gasteiger partial charge < -0.3 is 0 Å². The normalized spacial score (nSPS) is 12.1. The van der Waals surface area contributed by atoms with Crippen molar-refractivity contribution >= 4 is 152 Å². The summed E-state index contributed by atoms with van der Waals surface area (Å²) in [6.45, 7) is 0. The maximum absolute atomic E-state index is 5.33. The van der Waals surface area contributed by atoms with E-state index in [2.05, 4.69) is 450 Å². The first-order valence-corrected chi connectivity index (χ1v) is 48.6. The first kappa shape index (κ1) is 79.8. The molecule has 0 unspecified atom stereocenters. The minimum Gasteiger partial charge on any atom is -0.278 e. The van der Waals surface area contributed by atoms with Crippen molar-refractivity contribution in [3.05, 3.63) is 467 Å². The number of nitrogens with zero attached hydrogens (tertiary/aromatic N) is 11. The van der Waals surface area contributed by atoms with Crippen LogP contribution in [0.4, 0.5) is 0 Å². The molecule has 6 aromatic heterocycles. The quantitative estimate of drug-likeness (QED) is 0.104. The lowest BCUT2D eigenvalue weighted by Gasteiger charge is -2.13. The highest BCUT2D eigenvalue weighted by Crippen LogP contribution is 2.57. The fourth-order valence-electron chi connectivity index (χ4n) is 23.5. The molecule has 143 heavy (non-hydrogen) atoms. The summed E-state index contributed by atoms with van der Waals surface area (Å²) >= 11 is 0. The van der Waals surface area contributed by atoms with Gasteiger partial charge in [0.05, 0.1) is 38.8 Å². The van der Waals surface area contributed by atoms with Crippen molar-refractivity contribution in [1.29, 1.82) is 0 Å². The molecule has 32 rings (SSSR count). The van der Waals surface area contributed by atoms with Crippen molar-refractivity contribution in [3.63, 3.8) is 0 Å². The Bertz CT molecular complexity index is 10200. The van der Waals surface area contributed by atoms with Crippen LogP contribution in [0, 0.1) is 0 Å². The van der Waals surface area contributed by atoms with Crippen LogP contribution in [0.2, 0.25) is 0 Å². The van der Waals surface area contributed by atoms with Gasteiger partial charge in [-0.15, -0.1) is 0 Å². The molecule has 23 aromatic carbocycles. The van der Waals surface area contributed by atoms with Crippen molar-refractivity contribution in [1.82, 2.24) is 53.6 Å². The molecule has 0 fully saturated rings. The van der Waals surface area contributed by atoms with Crippen LogP contribution in [-0.4, -0.2) is 53.6 Å². The smallest absolute Gasteiger partial charge is 0.240 e. The standard InChI is InChI=1S/C47H27N5.C44H26N2.C41H24N4/c1-2-14-31-28(12-1)26-29-13-11-19-37-32-25-24-30(27-38(32)44(31)43(29)37)45-48-46(51-39-20-7-3-15-33(39)34-16-4-8-21-40(34)51)50-47(49-45)52-41-22-9-5-17-35(41)36-18-6-10-23-42(36)52;1-2-9-27(10-3-1)29-18-19-32-30(25-29)13-8-16-35(32)40-23-24-45-44(46-40)38-22-21-37-41-33-14-6-4-11-28(33)17-20-36(41)39-26-31-12-5-7-15-34(31)42(38)43(37)39;1-2-11-25(12-3-1)39-42-40(44-41(43-39)45-35-19-8-6-16-31(35)32-17-7-9-20-36(32)45)28-21-22-30-33-18-10-14-27-23-26-13-4-5-15-29(26)38(37(27)33)34(30)24-28/h1-27H;1-26H;1-24H. The average molecular weight is 1820 g/mol. The molecule has 0 atom stereocenters. The monoisotopic (exact) mass is 1820 g/mol. The second kappa shape index (κ2) is 31.6. The van der Waals surface area contributed by atoms with Crippen molar-refractivity contribution in [3.8, 4) is 153 Å². The van der Waals surface area contributed by atoms with E-state index in [0.29, 0.717) is 35.3 Å². The average Bonchev–Trinajstić information content (AvgIpc) is 1.55. The lowest BCUT2D eigenvalue weighted by Crippen LogP contribution is -2.10. The SMILES string of the molecule is c1ccc(-c2ccc3c(-c4ccnc(-c5ccc6c7c(cc8ccccc8c57)-c5ccc7ccccc7c5-6)n4)cccc3c2)cc1.c1ccc(-c2nc(-c3ccc4c(c3)-c3c5ccccc5cc5cccc-4c35)nc(-n3c4ccccc4c4ccccc43)n2)cc1.c1ccc2c3c4c(cccc4cc2c1)-c1ccc(-c2nc(-n4c5ccccc5c5ccccc54)nc(-n4c5ccccc5c5ccccc54)n2)cc1-3. The van der Waals surface area contributed by atoms with E-state index in [0.717, 1.165) is 94.0 Å². The molecule has 6 heterocycles. The highest BCUT2D eigenvalue weighted by atomic mass is 15.3. The molecule has 0 amide bonds. The Labute approximate surface area is 819 Å². The van der Waals surface area contributed by atoms with Gasteiger partial charge >= 0.3 is 0 Å². The van der Waals surface area contributed by atoms with Crippen LogP contribution in [0.1, 0.15) is 0 Å². The molecule has 3 aliphatic rings. The van der Waals surface area contributed by atoms with Gasteiger partial charge in [0.1, 0.15) is 0 Å². The Hall–Kier alpha value is -19.4. The first-order valence-electron chi connectivity index (χ1n) is 48.6. The summed E-state index contributed by atoms with van der Waals surface area (Å²) < 4.78 is 6.54. The largest absolute Gasteiger partial charge is 0.278 e. The van der Waals surface area contributed by atoms with E-state index in [1.54, 1.807) is 0 Å². The zero-order chi connectivity index (χ0) is 93.6. The molecule has 29 aromatic rings. The molecule has 0 saturated heterocycles. The van der Waals surface area contributed by atoms with Gasteiger partial charge in [-0.1, -0.05) is 376 Å². The first-order chi connectivity index (χ1) is 70.9. The topological polar surface area (TPSA) is 118 Å². The van der Waals surface area contributed by atoms with Crippen molar-refractivity contribution in [2.75, 3.05) is 0 Å². The van der Waals surface area contributed by atoms with E-state index in [4.69, 9.17) is 39.9 Å². The van der Waals surface area contributed by atoms with Crippen molar-refractivity contribution in [2.45, 2.75) is 0 Å². The molecule has 0 bridgehead atoms. The summed E-state index contributed by atoms with van der Waals surface area (Å²) in [4.78, 5) is 41.5. The number of para-hydroxylation sites is 6. The maximum atomic E-state index is 5.33. The van der Waals surface area contributed by atoms with Crippen molar-refractivity contribution < 1.29 is 0 Å². The van der Waals surface area contributed by atoms with Crippen LogP contribution < -0.4 is 0 Å². The summed E-state index contributed by atoms with van der Waals surface area (Å²) in [5, 5.41) is 27.0. The Morgan fingerprint density at radius 3 is 1.03 bits per heavy atom. The zero-order valence-electron chi connectivity index (χ0n) is 76.9. The second-order valence-electron chi connectivity index (χ2n) is 37.4. The lowest BCUT2D eigenvalue weighted by atomic mass is 9.92. The fraction of sp³-hybridized carbons (Fsp3) is 0. The van der Waals surface area contributed by atoms with Crippen molar-refractivity contribution in [2.24, 2.45) is 0 Å². The van der Waals surface area contributed by atoms with Gasteiger partial charge in [0, 0.05) is 71.7 Å². The number of benzene rings is 23. The highest BCUT2D eigenvalue weighted by Gasteiger charge is 2.32. The lowest BCUT2D eigenvalue weighted by molar-refractivity contribution is 0.893. The number of rotatable bonds is 9. The van der Waals surface area contributed by atoms with Crippen LogP contribution in [-0.2, 0) is 0 Å². The molecular weight excluding hydrogens is 1740 g/mol. The van der Waals surface area contributed by atoms with E-state index >= 15 is 0 Å². The van der Waals surface area contributed by atoms with E-state index in [9.17, 15) is 0 Å². The van der Waals surface area contributed by atoms with E-state index in [1.807, 2.05) is 30.5 Å². The molecule has 0 spiro atoms. The van der Waals surface area contributed by atoms with E-state index in [-0.39, 0.29) is 0 Å². The number of hydrogen-bond acceptors (Lipinski definition) is 8. The fourth-order valence-corrected chi connectivity index (χ4v) is 23.5. The summed E-state index contributed by atoms with van der Waals surface area (Å²) in [6, 6.07) is 164. The molecule has 3 aliphatic carbocycles. The second-order valence-corrected chi connectivity index (χ2v) is 37.4. The number of fused-ring (bicyclic) bond motifs is 27. The van der Waals surface area contributed by atoms with Crippen LogP contribution in [0.15, 0.2) is 467 Å². The van der Waals surface area contributed by atoms with E-state index < -0.39 is 0 Å². The van der Waals surface area contributed by atoms with Crippen LogP contribution in [0.3, 0.4) is 0 Å². The molecule has 0 radical (unpaired) electrons. The van der Waals surface area contributed by atoms with Gasteiger partial charge in [-0.05, 0) is 244 Å². The molecule has 660 valence electrons.